The van der Waals surface area contributed by atoms with Crippen molar-refractivity contribution >= 4 is 23.5 Å². The fourth-order valence-electron chi connectivity index (χ4n) is 6.07. The lowest BCUT2D eigenvalue weighted by Gasteiger charge is -2.38. The first-order valence-corrected chi connectivity index (χ1v) is 13.9. The molecule has 0 aromatic heterocycles. The second-order valence-corrected chi connectivity index (χ2v) is 11.5. The summed E-state index contributed by atoms with van der Waals surface area (Å²) in [5, 5.41) is 9.31. The van der Waals surface area contributed by atoms with Gasteiger partial charge >= 0.3 is 12.1 Å². The first-order valence-electron chi connectivity index (χ1n) is 13.9. The van der Waals surface area contributed by atoms with Crippen molar-refractivity contribution in [3.05, 3.63) is 29.3 Å². The lowest BCUT2D eigenvalue weighted by atomic mass is 9.86. The van der Waals surface area contributed by atoms with E-state index in [2.05, 4.69) is 0 Å². The van der Waals surface area contributed by atoms with Crippen molar-refractivity contribution in [2.75, 3.05) is 64.8 Å². The number of anilines is 1. The molecular weight excluding hydrogens is 532 g/mol. The van der Waals surface area contributed by atoms with Crippen molar-refractivity contribution in [1.29, 1.82) is 0 Å². The molecule has 12 heteroatoms. The fourth-order valence-corrected chi connectivity index (χ4v) is 6.07. The van der Waals surface area contributed by atoms with Crippen LogP contribution >= 0.6 is 0 Å². The largest absolute Gasteiger partial charge is 0.481 e. The van der Waals surface area contributed by atoms with Crippen LogP contribution in [0.4, 0.5) is 23.2 Å². The van der Waals surface area contributed by atoms with Crippen LogP contribution in [0.1, 0.15) is 55.6 Å². The number of piperidine rings is 2. The quantitative estimate of drug-likeness (QED) is 0.505. The number of alkyl halides is 4. The number of carbonyl (C=O) groups excluding carboxylic acids is 2. The van der Waals surface area contributed by atoms with Crippen LogP contribution in [-0.4, -0.2) is 103 Å². The molecule has 3 aliphatic rings. The molecule has 8 nitrogen and oxygen atoms in total. The van der Waals surface area contributed by atoms with Gasteiger partial charge in [-0.15, -0.1) is 0 Å². The minimum Gasteiger partial charge on any atom is -0.481 e. The van der Waals surface area contributed by atoms with E-state index < -0.39 is 35.2 Å². The number of rotatable bonds is 7. The standard InChI is InChI=1S/C28H38F4N4O4/c1-33(2)24(37)9-11-34-16-10-27(29,18-34)26(40)36-14-5-19(6-15-36)22-4-3-21(28(30,31)32)17-23(22)35-12-7-20(8-13-35)25(38)39/h3-4,17,19-20H,5-16,18H2,1-2H3,(H,38,39)/t27-/m1/s1. The molecule has 3 aliphatic heterocycles. The highest BCUT2D eigenvalue weighted by Crippen LogP contribution is 2.41. The number of carbonyl (C=O) groups is 3. The van der Waals surface area contributed by atoms with Crippen LogP contribution in [0.25, 0.3) is 0 Å². The van der Waals surface area contributed by atoms with E-state index in [1.165, 1.54) is 15.9 Å². The Morgan fingerprint density at radius 1 is 1.02 bits per heavy atom. The maximum Gasteiger partial charge on any atom is 0.416 e. The maximum absolute atomic E-state index is 15.7. The summed E-state index contributed by atoms with van der Waals surface area (Å²) in [6.07, 6.45) is -2.48. The summed E-state index contributed by atoms with van der Waals surface area (Å²) in [6.45, 7) is 2.03. The van der Waals surface area contributed by atoms with Crippen LogP contribution in [0.2, 0.25) is 0 Å². The van der Waals surface area contributed by atoms with Gasteiger partial charge in [0.2, 0.25) is 11.6 Å². The molecule has 222 valence electrons. The molecule has 1 aromatic carbocycles. The number of hydrogen-bond donors (Lipinski definition) is 1. The molecule has 0 bridgehead atoms. The summed E-state index contributed by atoms with van der Waals surface area (Å²) < 4.78 is 56.4. The summed E-state index contributed by atoms with van der Waals surface area (Å²) in [5.74, 6) is -2.12. The molecule has 0 spiro atoms. The van der Waals surface area contributed by atoms with E-state index >= 15 is 4.39 Å². The zero-order valence-corrected chi connectivity index (χ0v) is 23.1. The van der Waals surface area contributed by atoms with Crippen LogP contribution in [0.15, 0.2) is 18.2 Å². The summed E-state index contributed by atoms with van der Waals surface area (Å²) in [4.78, 5) is 43.1. The number of nitrogens with zero attached hydrogens (tertiary/aromatic N) is 4. The average Bonchev–Trinajstić information content (AvgIpc) is 3.32. The van der Waals surface area contributed by atoms with E-state index in [9.17, 15) is 32.7 Å². The summed E-state index contributed by atoms with van der Waals surface area (Å²) in [7, 11) is 3.32. The predicted molar refractivity (Wildman–Crippen MR) is 141 cm³/mol. The zero-order valence-electron chi connectivity index (χ0n) is 23.1. The molecule has 40 heavy (non-hydrogen) atoms. The number of halogens is 4. The van der Waals surface area contributed by atoms with Gasteiger partial charge in [-0.1, -0.05) is 6.07 Å². The van der Waals surface area contributed by atoms with Gasteiger partial charge in [0.15, 0.2) is 0 Å². The number of benzene rings is 1. The third-order valence-electron chi connectivity index (χ3n) is 8.59. The Labute approximate surface area is 231 Å². The van der Waals surface area contributed by atoms with Gasteiger partial charge in [-0.25, -0.2) is 4.39 Å². The van der Waals surface area contributed by atoms with Crippen molar-refractivity contribution in [2.45, 2.75) is 56.3 Å². The van der Waals surface area contributed by atoms with Gasteiger partial charge in [0.25, 0.3) is 5.91 Å². The van der Waals surface area contributed by atoms with Gasteiger partial charge in [-0.2, -0.15) is 13.2 Å². The molecule has 3 heterocycles. The third kappa shape index (κ3) is 6.70. The molecule has 1 N–H and O–H groups in total. The van der Waals surface area contributed by atoms with Gasteiger partial charge in [-0.05, 0) is 49.3 Å². The topological polar surface area (TPSA) is 84.4 Å². The Morgan fingerprint density at radius 3 is 2.25 bits per heavy atom. The van der Waals surface area contributed by atoms with Crippen molar-refractivity contribution in [1.82, 2.24) is 14.7 Å². The van der Waals surface area contributed by atoms with Crippen LogP contribution in [-0.2, 0) is 20.6 Å². The summed E-state index contributed by atoms with van der Waals surface area (Å²) in [6, 6.07) is 3.73. The van der Waals surface area contributed by atoms with Gasteiger partial charge in [-0.3, -0.25) is 19.3 Å². The van der Waals surface area contributed by atoms with Crippen molar-refractivity contribution in [3.8, 4) is 0 Å². The highest BCUT2D eigenvalue weighted by Gasteiger charge is 2.48. The van der Waals surface area contributed by atoms with Gasteiger partial charge < -0.3 is 19.8 Å². The number of likely N-dealkylation sites (tertiary alicyclic amines) is 2. The Kier molecular flexibility index (Phi) is 8.96. The van der Waals surface area contributed by atoms with E-state index in [1.807, 2.05) is 4.90 Å². The van der Waals surface area contributed by atoms with E-state index in [0.717, 1.165) is 17.7 Å². The van der Waals surface area contributed by atoms with Crippen molar-refractivity contribution in [3.63, 3.8) is 0 Å². The van der Waals surface area contributed by atoms with Gasteiger partial charge in [0, 0.05) is 78.4 Å². The third-order valence-corrected chi connectivity index (χ3v) is 8.59. The lowest BCUT2D eigenvalue weighted by molar-refractivity contribution is -0.144. The summed E-state index contributed by atoms with van der Waals surface area (Å²) in [5.41, 5.74) is -1.55. The lowest BCUT2D eigenvalue weighted by Crippen LogP contribution is -2.50. The number of hydrogen-bond acceptors (Lipinski definition) is 5. The Morgan fingerprint density at radius 2 is 1.68 bits per heavy atom. The normalized spacial score (nSPS) is 23.4. The highest BCUT2D eigenvalue weighted by molar-refractivity contribution is 5.86. The van der Waals surface area contributed by atoms with Crippen molar-refractivity contribution in [2.24, 2.45) is 5.92 Å². The second-order valence-electron chi connectivity index (χ2n) is 11.5. The molecule has 4 rings (SSSR count). The molecule has 3 fully saturated rings. The number of carboxylic acids is 1. The first-order chi connectivity index (χ1) is 18.8. The molecule has 3 saturated heterocycles. The number of carboxylic acid groups (broad SMARTS) is 1. The molecule has 1 atom stereocenters. The van der Waals surface area contributed by atoms with Crippen LogP contribution < -0.4 is 4.90 Å². The zero-order chi connectivity index (χ0) is 29.2. The summed E-state index contributed by atoms with van der Waals surface area (Å²) >= 11 is 0. The Hall–Kier alpha value is -2.89. The monoisotopic (exact) mass is 570 g/mol. The smallest absolute Gasteiger partial charge is 0.416 e. The van der Waals surface area contributed by atoms with E-state index in [0.29, 0.717) is 70.6 Å². The van der Waals surface area contributed by atoms with Gasteiger partial charge in [0.05, 0.1) is 11.5 Å². The highest BCUT2D eigenvalue weighted by atomic mass is 19.4. The first kappa shape index (κ1) is 30.1. The maximum atomic E-state index is 15.7. The molecule has 0 radical (unpaired) electrons. The average molecular weight is 571 g/mol. The van der Waals surface area contributed by atoms with Crippen LogP contribution in [0.5, 0.6) is 0 Å². The number of aliphatic carboxylic acids is 1. The second kappa shape index (κ2) is 11.9. The minimum atomic E-state index is -4.51. The van der Waals surface area contributed by atoms with Gasteiger partial charge in [0.1, 0.15) is 0 Å². The van der Waals surface area contributed by atoms with Crippen LogP contribution in [0, 0.1) is 5.92 Å². The van der Waals surface area contributed by atoms with Crippen LogP contribution in [0.3, 0.4) is 0 Å². The molecule has 0 saturated carbocycles. The molecule has 2 amide bonds. The van der Waals surface area contributed by atoms with E-state index in [1.54, 1.807) is 19.0 Å². The molecular formula is C28H38F4N4O4. The minimum absolute atomic E-state index is 0.0538. The Bertz CT molecular complexity index is 1100. The SMILES string of the molecule is CN(C)C(=O)CCN1CC[C@](F)(C(=O)N2CCC(c3ccc(C(F)(F)F)cc3N3CCC(C(=O)O)CC3)CC2)C1. The van der Waals surface area contributed by atoms with E-state index in [-0.39, 0.29) is 31.2 Å². The Balaban J connectivity index is 1.41. The molecule has 0 unspecified atom stereocenters. The molecule has 0 aliphatic carbocycles. The number of amides is 2. The van der Waals surface area contributed by atoms with E-state index in [4.69, 9.17) is 0 Å². The predicted octanol–water partition coefficient (Wildman–Crippen LogP) is 3.60. The molecule has 1 aromatic rings. The van der Waals surface area contributed by atoms with Crippen molar-refractivity contribution < 1.29 is 37.1 Å². The fraction of sp³-hybridized carbons (Fsp3) is 0.679.